The Hall–Kier alpha value is -3.85. The number of aryl methyl sites for hydroxylation is 3. The van der Waals surface area contributed by atoms with Gasteiger partial charge in [0.05, 0.1) is 23.7 Å². The summed E-state index contributed by atoms with van der Waals surface area (Å²) in [5.74, 6) is 0.841. The number of hydrogen-bond acceptors (Lipinski definition) is 2. The number of methoxy groups -OCH3 is 1. The minimum absolute atomic E-state index is 0.841. The van der Waals surface area contributed by atoms with Crippen molar-refractivity contribution >= 4 is 38.4 Å². The van der Waals surface area contributed by atoms with Gasteiger partial charge in [-0.3, -0.25) is 4.40 Å². The van der Waals surface area contributed by atoms with Crippen LogP contribution in [0, 0.1) is 20.8 Å². The maximum atomic E-state index is 5.53. The molecular weight excluding hydrogens is 392 g/mol. The lowest BCUT2D eigenvalue weighted by Gasteiger charge is -2.15. The Morgan fingerprint density at radius 3 is 2.25 bits per heavy atom. The van der Waals surface area contributed by atoms with E-state index in [0.717, 1.165) is 27.8 Å². The van der Waals surface area contributed by atoms with Crippen LogP contribution in [0.4, 0.5) is 0 Å². The van der Waals surface area contributed by atoms with Crippen LogP contribution in [0.2, 0.25) is 0 Å². The normalized spacial score (nSPS) is 11.8. The summed E-state index contributed by atoms with van der Waals surface area (Å²) in [6, 6.07) is 26.0. The standard InChI is InChI=1S/C29H24N2O/c1-17-13-18(2)28(19(3)14-17)20-9-11-23-22-12-10-21(32-4)16-24(22)29-30-25-7-5-6-8-26(25)31(29)27(23)15-20/h5-16H,1-4H3. The van der Waals surface area contributed by atoms with Crippen molar-refractivity contribution in [3.8, 4) is 16.9 Å². The summed E-state index contributed by atoms with van der Waals surface area (Å²) in [6.45, 7) is 6.56. The molecule has 2 aromatic heterocycles. The van der Waals surface area contributed by atoms with E-state index in [1.54, 1.807) is 7.11 Å². The number of rotatable bonds is 2. The van der Waals surface area contributed by atoms with Crippen LogP contribution in [-0.2, 0) is 0 Å². The quantitative estimate of drug-likeness (QED) is 0.275. The number of nitrogens with zero attached hydrogens (tertiary/aromatic N) is 2. The summed E-state index contributed by atoms with van der Waals surface area (Å²) >= 11 is 0. The summed E-state index contributed by atoms with van der Waals surface area (Å²) in [7, 11) is 1.71. The molecule has 0 aliphatic carbocycles. The van der Waals surface area contributed by atoms with Crippen LogP contribution >= 0.6 is 0 Å². The molecule has 0 saturated heterocycles. The van der Waals surface area contributed by atoms with Gasteiger partial charge < -0.3 is 4.74 Å². The van der Waals surface area contributed by atoms with Crippen LogP contribution in [0.15, 0.2) is 72.8 Å². The molecule has 0 aliphatic heterocycles. The SMILES string of the molecule is COc1ccc2c3ccc(-c4c(C)cc(C)cc4C)cc3n3c4ccccc4nc3c2c1. The Balaban J connectivity index is 1.81. The van der Waals surface area contributed by atoms with Gasteiger partial charge in [0.1, 0.15) is 11.4 Å². The Morgan fingerprint density at radius 2 is 1.47 bits per heavy atom. The highest BCUT2D eigenvalue weighted by molar-refractivity contribution is 6.14. The number of ether oxygens (including phenoxy) is 1. The van der Waals surface area contributed by atoms with E-state index in [0.29, 0.717) is 0 Å². The summed E-state index contributed by atoms with van der Waals surface area (Å²) in [5.41, 5.74) is 10.7. The summed E-state index contributed by atoms with van der Waals surface area (Å²) < 4.78 is 7.83. The van der Waals surface area contributed by atoms with Crippen LogP contribution < -0.4 is 4.74 Å². The number of fused-ring (bicyclic) bond motifs is 8. The number of pyridine rings is 1. The molecule has 0 fully saturated rings. The Labute approximate surface area is 186 Å². The Morgan fingerprint density at radius 1 is 0.719 bits per heavy atom. The molecular formula is C29H24N2O. The highest BCUT2D eigenvalue weighted by atomic mass is 16.5. The highest BCUT2D eigenvalue weighted by Gasteiger charge is 2.16. The molecule has 0 N–H and O–H groups in total. The van der Waals surface area contributed by atoms with Gasteiger partial charge in [-0.25, -0.2) is 4.98 Å². The van der Waals surface area contributed by atoms with E-state index in [4.69, 9.17) is 9.72 Å². The molecule has 32 heavy (non-hydrogen) atoms. The summed E-state index contributed by atoms with van der Waals surface area (Å²) in [4.78, 5) is 5.03. The molecule has 156 valence electrons. The van der Waals surface area contributed by atoms with Crippen LogP contribution in [0.5, 0.6) is 5.75 Å². The number of imidazole rings is 1. The molecule has 3 heteroatoms. The fourth-order valence-electron chi connectivity index (χ4n) is 5.26. The summed E-state index contributed by atoms with van der Waals surface area (Å²) in [5, 5.41) is 3.50. The largest absolute Gasteiger partial charge is 0.497 e. The second kappa shape index (κ2) is 6.83. The zero-order valence-electron chi connectivity index (χ0n) is 18.7. The van der Waals surface area contributed by atoms with E-state index in [9.17, 15) is 0 Å². The van der Waals surface area contributed by atoms with Crippen molar-refractivity contribution in [1.82, 2.24) is 9.38 Å². The first-order valence-electron chi connectivity index (χ1n) is 10.9. The summed E-state index contributed by atoms with van der Waals surface area (Å²) in [6.07, 6.45) is 0. The number of benzene rings is 4. The average Bonchev–Trinajstić information content (AvgIpc) is 3.18. The predicted octanol–water partition coefficient (Wildman–Crippen LogP) is 7.39. The second-order valence-electron chi connectivity index (χ2n) is 8.68. The molecule has 0 aliphatic rings. The van der Waals surface area contributed by atoms with Crippen molar-refractivity contribution < 1.29 is 4.74 Å². The Bertz CT molecular complexity index is 1670. The number of aromatic nitrogens is 2. The molecule has 0 radical (unpaired) electrons. The molecule has 0 unspecified atom stereocenters. The van der Waals surface area contributed by atoms with E-state index in [2.05, 4.69) is 85.8 Å². The molecule has 0 saturated carbocycles. The van der Waals surface area contributed by atoms with E-state index in [1.807, 2.05) is 12.1 Å². The lowest BCUT2D eigenvalue weighted by atomic mass is 9.92. The van der Waals surface area contributed by atoms with Gasteiger partial charge in [-0.1, -0.05) is 42.0 Å². The minimum Gasteiger partial charge on any atom is -0.497 e. The maximum absolute atomic E-state index is 5.53. The van der Waals surface area contributed by atoms with Crippen molar-refractivity contribution in [1.29, 1.82) is 0 Å². The highest BCUT2D eigenvalue weighted by Crippen LogP contribution is 2.37. The monoisotopic (exact) mass is 416 g/mol. The van der Waals surface area contributed by atoms with Crippen molar-refractivity contribution in [2.24, 2.45) is 0 Å². The fourth-order valence-corrected chi connectivity index (χ4v) is 5.26. The van der Waals surface area contributed by atoms with Crippen molar-refractivity contribution in [3.63, 3.8) is 0 Å². The van der Waals surface area contributed by atoms with Gasteiger partial charge in [-0.05, 0) is 84.8 Å². The first kappa shape index (κ1) is 18.9. The first-order valence-corrected chi connectivity index (χ1v) is 10.9. The topological polar surface area (TPSA) is 26.5 Å². The van der Waals surface area contributed by atoms with E-state index >= 15 is 0 Å². The molecule has 4 aromatic carbocycles. The zero-order valence-corrected chi connectivity index (χ0v) is 18.7. The maximum Gasteiger partial charge on any atom is 0.146 e. The lowest BCUT2D eigenvalue weighted by Crippen LogP contribution is -1.95. The van der Waals surface area contributed by atoms with Crippen LogP contribution in [0.1, 0.15) is 16.7 Å². The smallest absolute Gasteiger partial charge is 0.146 e. The van der Waals surface area contributed by atoms with Gasteiger partial charge in [0.2, 0.25) is 0 Å². The van der Waals surface area contributed by atoms with Crippen LogP contribution in [-0.4, -0.2) is 16.5 Å². The molecule has 0 atom stereocenters. The molecule has 3 nitrogen and oxygen atoms in total. The van der Waals surface area contributed by atoms with E-state index in [-0.39, 0.29) is 0 Å². The molecule has 6 aromatic rings. The van der Waals surface area contributed by atoms with Crippen molar-refractivity contribution in [2.45, 2.75) is 20.8 Å². The van der Waals surface area contributed by atoms with Crippen molar-refractivity contribution in [2.75, 3.05) is 7.11 Å². The van der Waals surface area contributed by atoms with Crippen molar-refractivity contribution in [3.05, 3.63) is 89.5 Å². The van der Waals surface area contributed by atoms with Crippen LogP contribution in [0.3, 0.4) is 0 Å². The number of para-hydroxylation sites is 2. The molecule has 6 rings (SSSR count). The zero-order chi connectivity index (χ0) is 22.0. The van der Waals surface area contributed by atoms with Gasteiger partial charge >= 0.3 is 0 Å². The van der Waals surface area contributed by atoms with E-state index < -0.39 is 0 Å². The first-order chi connectivity index (χ1) is 15.5. The van der Waals surface area contributed by atoms with Gasteiger partial charge in [-0.15, -0.1) is 0 Å². The molecule has 0 spiro atoms. The minimum atomic E-state index is 0.841. The Kier molecular flexibility index (Phi) is 4.03. The molecule has 2 heterocycles. The molecule has 0 bridgehead atoms. The third-order valence-electron chi connectivity index (χ3n) is 6.52. The predicted molar refractivity (Wildman–Crippen MR) is 134 cm³/mol. The second-order valence-corrected chi connectivity index (χ2v) is 8.68. The third kappa shape index (κ3) is 2.64. The van der Waals surface area contributed by atoms with Gasteiger partial charge in [0.15, 0.2) is 0 Å². The average molecular weight is 417 g/mol. The van der Waals surface area contributed by atoms with Crippen LogP contribution in [0.25, 0.3) is 49.5 Å². The third-order valence-corrected chi connectivity index (χ3v) is 6.52. The number of hydrogen-bond donors (Lipinski definition) is 0. The fraction of sp³-hybridized carbons (Fsp3) is 0.138. The van der Waals surface area contributed by atoms with E-state index in [1.165, 1.54) is 44.1 Å². The molecule has 0 amide bonds. The van der Waals surface area contributed by atoms with Gasteiger partial charge in [0, 0.05) is 10.8 Å². The van der Waals surface area contributed by atoms with Gasteiger partial charge in [-0.2, -0.15) is 0 Å². The van der Waals surface area contributed by atoms with Gasteiger partial charge in [0.25, 0.3) is 0 Å². The lowest BCUT2D eigenvalue weighted by molar-refractivity contribution is 0.415.